The zero-order valence-corrected chi connectivity index (χ0v) is 12.2. The predicted octanol–water partition coefficient (Wildman–Crippen LogP) is 3.74. The normalized spacial score (nSPS) is 10.5. The van der Waals surface area contributed by atoms with Crippen LogP contribution >= 0.6 is 11.3 Å². The van der Waals surface area contributed by atoms with Gasteiger partial charge < -0.3 is 15.8 Å². The first-order valence-electron chi connectivity index (χ1n) is 6.41. The van der Waals surface area contributed by atoms with Crippen LogP contribution in [0.1, 0.15) is 9.67 Å². The van der Waals surface area contributed by atoms with E-state index < -0.39 is 0 Å². The number of amides is 1. The van der Waals surface area contributed by atoms with E-state index in [2.05, 4.69) is 5.32 Å². The first kappa shape index (κ1) is 13.5. The predicted molar refractivity (Wildman–Crippen MR) is 87.2 cm³/mol. The Balaban J connectivity index is 1.85. The van der Waals surface area contributed by atoms with E-state index in [0.717, 1.165) is 10.1 Å². The molecule has 106 valence electrons. The number of rotatable bonds is 3. The second-order valence-corrected chi connectivity index (χ2v) is 5.64. The summed E-state index contributed by atoms with van der Waals surface area (Å²) in [4.78, 5) is 13.0. The minimum absolute atomic E-state index is 0.136. The van der Waals surface area contributed by atoms with E-state index in [4.69, 9.17) is 10.5 Å². The number of nitrogens with one attached hydrogen (secondary N) is 1. The number of anilines is 2. The van der Waals surface area contributed by atoms with Crippen LogP contribution in [0.5, 0.6) is 5.75 Å². The molecule has 0 saturated heterocycles. The van der Waals surface area contributed by atoms with Crippen molar-refractivity contribution in [2.24, 2.45) is 0 Å². The molecule has 1 amide bonds. The molecule has 0 fully saturated rings. The van der Waals surface area contributed by atoms with Crippen LogP contribution < -0.4 is 15.8 Å². The molecule has 3 aromatic rings. The molecule has 1 aromatic heterocycles. The van der Waals surface area contributed by atoms with E-state index in [1.165, 1.54) is 11.3 Å². The zero-order valence-electron chi connectivity index (χ0n) is 11.4. The van der Waals surface area contributed by atoms with Crippen molar-refractivity contribution in [2.75, 3.05) is 18.2 Å². The molecule has 0 aliphatic heterocycles. The minimum atomic E-state index is -0.136. The van der Waals surface area contributed by atoms with Crippen molar-refractivity contribution < 1.29 is 9.53 Å². The van der Waals surface area contributed by atoms with Crippen LogP contribution in [0.3, 0.4) is 0 Å². The molecule has 0 aliphatic rings. The fourth-order valence-electron chi connectivity index (χ4n) is 2.08. The summed E-state index contributed by atoms with van der Waals surface area (Å²) in [5.74, 6) is 0.409. The van der Waals surface area contributed by atoms with E-state index in [1.54, 1.807) is 25.3 Å². The number of nitrogens with two attached hydrogens (primary N) is 1. The molecular weight excluding hydrogens is 284 g/mol. The van der Waals surface area contributed by atoms with Crippen molar-refractivity contribution in [1.82, 2.24) is 0 Å². The van der Waals surface area contributed by atoms with Crippen LogP contribution in [0, 0.1) is 0 Å². The minimum Gasteiger partial charge on any atom is -0.495 e. The second-order valence-electron chi connectivity index (χ2n) is 4.56. The van der Waals surface area contributed by atoms with Crippen molar-refractivity contribution in [1.29, 1.82) is 0 Å². The zero-order chi connectivity index (χ0) is 14.8. The molecular formula is C16H14N2O2S. The number of benzene rings is 2. The maximum absolute atomic E-state index is 12.3. The van der Waals surface area contributed by atoms with E-state index in [0.29, 0.717) is 22.0 Å². The summed E-state index contributed by atoms with van der Waals surface area (Å²) in [5, 5.41) is 3.93. The van der Waals surface area contributed by atoms with Gasteiger partial charge in [0.15, 0.2) is 0 Å². The van der Waals surface area contributed by atoms with Gasteiger partial charge in [0.2, 0.25) is 0 Å². The highest BCUT2D eigenvalue weighted by Crippen LogP contribution is 2.28. The van der Waals surface area contributed by atoms with Crippen molar-refractivity contribution in [3.63, 3.8) is 0 Å². The quantitative estimate of drug-likeness (QED) is 0.724. The highest BCUT2D eigenvalue weighted by atomic mass is 32.1. The van der Waals surface area contributed by atoms with Crippen molar-refractivity contribution in [2.45, 2.75) is 0 Å². The maximum Gasteiger partial charge on any atom is 0.265 e. The van der Waals surface area contributed by atoms with Gasteiger partial charge in [-0.25, -0.2) is 0 Å². The van der Waals surface area contributed by atoms with Gasteiger partial charge in [-0.1, -0.05) is 18.2 Å². The Hall–Kier alpha value is -2.53. The van der Waals surface area contributed by atoms with Gasteiger partial charge in [-0.15, -0.1) is 11.3 Å². The van der Waals surface area contributed by atoms with Gasteiger partial charge >= 0.3 is 0 Å². The van der Waals surface area contributed by atoms with Crippen molar-refractivity contribution >= 4 is 38.7 Å². The molecule has 3 N–H and O–H groups in total. The Labute approximate surface area is 126 Å². The standard InChI is InChI=1S/C16H14N2O2S/c1-20-13-9-11(6-7-12(13)17)18-16(19)15-8-10-4-2-3-5-14(10)21-15/h2-9H,17H2,1H3,(H,18,19). The van der Waals surface area contributed by atoms with E-state index in [1.807, 2.05) is 30.3 Å². The van der Waals surface area contributed by atoms with Gasteiger partial charge in [-0.05, 0) is 29.7 Å². The molecule has 0 unspecified atom stereocenters. The molecule has 3 rings (SSSR count). The molecule has 1 heterocycles. The molecule has 21 heavy (non-hydrogen) atoms. The molecule has 2 aromatic carbocycles. The summed E-state index contributed by atoms with van der Waals surface area (Å²) < 4.78 is 6.24. The van der Waals surface area contributed by atoms with Crippen LogP contribution in [-0.2, 0) is 0 Å². The first-order chi connectivity index (χ1) is 10.2. The monoisotopic (exact) mass is 298 g/mol. The summed E-state index contributed by atoms with van der Waals surface area (Å²) in [6.45, 7) is 0. The Kier molecular flexibility index (Phi) is 3.50. The van der Waals surface area contributed by atoms with Crippen molar-refractivity contribution in [3.05, 3.63) is 53.4 Å². The number of methoxy groups -OCH3 is 1. The lowest BCUT2D eigenvalue weighted by Crippen LogP contribution is -2.10. The fraction of sp³-hybridized carbons (Fsp3) is 0.0625. The third kappa shape index (κ3) is 2.68. The largest absolute Gasteiger partial charge is 0.495 e. The SMILES string of the molecule is COc1cc(NC(=O)c2cc3ccccc3s2)ccc1N. The average molecular weight is 298 g/mol. The number of thiophene rings is 1. The first-order valence-corrected chi connectivity index (χ1v) is 7.22. The Bertz CT molecular complexity index is 778. The van der Waals surface area contributed by atoms with Gasteiger partial charge in [0, 0.05) is 16.5 Å². The van der Waals surface area contributed by atoms with E-state index >= 15 is 0 Å². The topological polar surface area (TPSA) is 64.3 Å². The number of carbonyl (C=O) groups is 1. The van der Waals surface area contributed by atoms with Crippen LogP contribution in [0.4, 0.5) is 11.4 Å². The number of hydrogen-bond acceptors (Lipinski definition) is 4. The fourth-order valence-corrected chi connectivity index (χ4v) is 3.03. The molecule has 0 spiro atoms. The maximum atomic E-state index is 12.3. The number of fused-ring (bicyclic) bond motifs is 1. The third-order valence-electron chi connectivity index (χ3n) is 3.14. The van der Waals surface area contributed by atoms with Crippen LogP contribution in [0.15, 0.2) is 48.5 Å². The smallest absolute Gasteiger partial charge is 0.265 e. The summed E-state index contributed by atoms with van der Waals surface area (Å²) in [6, 6.07) is 15.0. The number of nitrogen functional groups attached to an aromatic ring is 1. The number of ether oxygens (including phenoxy) is 1. The molecule has 4 nitrogen and oxygen atoms in total. The summed E-state index contributed by atoms with van der Waals surface area (Å²) in [7, 11) is 1.54. The summed E-state index contributed by atoms with van der Waals surface area (Å²) in [5.41, 5.74) is 6.95. The molecule has 0 atom stereocenters. The Morgan fingerprint density at radius 2 is 2.00 bits per heavy atom. The number of hydrogen-bond donors (Lipinski definition) is 2. The van der Waals surface area contributed by atoms with Gasteiger partial charge in [-0.2, -0.15) is 0 Å². The lowest BCUT2D eigenvalue weighted by molar-refractivity contribution is 0.103. The Morgan fingerprint density at radius 3 is 2.76 bits per heavy atom. The van der Waals surface area contributed by atoms with Crippen molar-refractivity contribution in [3.8, 4) is 5.75 Å². The molecule has 5 heteroatoms. The Morgan fingerprint density at radius 1 is 1.19 bits per heavy atom. The average Bonchev–Trinajstić information content (AvgIpc) is 2.93. The van der Waals surface area contributed by atoms with Gasteiger partial charge in [-0.3, -0.25) is 4.79 Å². The van der Waals surface area contributed by atoms with Crippen LogP contribution in [0.25, 0.3) is 10.1 Å². The van der Waals surface area contributed by atoms with E-state index in [9.17, 15) is 4.79 Å². The molecule has 0 radical (unpaired) electrons. The molecule has 0 bridgehead atoms. The summed E-state index contributed by atoms with van der Waals surface area (Å²) in [6.07, 6.45) is 0. The van der Waals surface area contributed by atoms with Gasteiger partial charge in [0.1, 0.15) is 5.75 Å². The van der Waals surface area contributed by atoms with Gasteiger partial charge in [0.25, 0.3) is 5.91 Å². The van der Waals surface area contributed by atoms with Gasteiger partial charge in [0.05, 0.1) is 17.7 Å². The van der Waals surface area contributed by atoms with E-state index in [-0.39, 0.29) is 5.91 Å². The molecule has 0 aliphatic carbocycles. The third-order valence-corrected chi connectivity index (χ3v) is 4.26. The lowest BCUT2D eigenvalue weighted by Gasteiger charge is -2.08. The highest BCUT2D eigenvalue weighted by Gasteiger charge is 2.11. The second kappa shape index (κ2) is 5.46. The highest BCUT2D eigenvalue weighted by molar-refractivity contribution is 7.20. The van der Waals surface area contributed by atoms with Crippen LogP contribution in [-0.4, -0.2) is 13.0 Å². The molecule has 0 saturated carbocycles. The summed E-state index contributed by atoms with van der Waals surface area (Å²) >= 11 is 1.47. The lowest BCUT2D eigenvalue weighted by atomic mass is 10.2. The van der Waals surface area contributed by atoms with Crippen LogP contribution in [0.2, 0.25) is 0 Å². The number of carbonyl (C=O) groups excluding carboxylic acids is 1.